The van der Waals surface area contributed by atoms with E-state index in [4.69, 9.17) is 0 Å². The molecule has 0 aromatic heterocycles. The Kier molecular flexibility index (Phi) is 4.54. The number of nitrogens with zero attached hydrogens (tertiary/aromatic N) is 2. The van der Waals surface area contributed by atoms with Crippen molar-refractivity contribution in [3.8, 4) is 0 Å². The summed E-state index contributed by atoms with van der Waals surface area (Å²) in [6.45, 7) is 1.54. The van der Waals surface area contributed by atoms with Crippen molar-refractivity contribution in [1.29, 1.82) is 0 Å². The van der Waals surface area contributed by atoms with E-state index in [1.165, 1.54) is 56.3 Å². The number of likely N-dealkylation sites (tertiary alicyclic amines) is 1. The van der Waals surface area contributed by atoms with E-state index in [9.17, 15) is 9.59 Å². The lowest BCUT2D eigenvalue weighted by Gasteiger charge is -2.45. The fourth-order valence-electron chi connectivity index (χ4n) is 5.56. The molecule has 5 nitrogen and oxygen atoms in total. The fourth-order valence-corrected chi connectivity index (χ4v) is 5.56. The zero-order valence-electron chi connectivity index (χ0n) is 14.8. The third kappa shape index (κ3) is 2.85. The molecule has 4 rings (SSSR count). The van der Waals surface area contributed by atoms with Crippen LogP contribution in [0.2, 0.25) is 0 Å². The highest BCUT2D eigenvalue weighted by atomic mass is 16.2. The highest BCUT2D eigenvalue weighted by Gasteiger charge is 2.51. The van der Waals surface area contributed by atoms with Gasteiger partial charge in [-0.05, 0) is 44.4 Å². The van der Waals surface area contributed by atoms with Crippen LogP contribution >= 0.6 is 0 Å². The van der Waals surface area contributed by atoms with Crippen molar-refractivity contribution in [2.45, 2.75) is 88.6 Å². The largest absolute Gasteiger partial charge is 0.326 e. The van der Waals surface area contributed by atoms with Crippen LogP contribution in [-0.2, 0) is 4.79 Å². The SMILES string of the molecule is O=C1NC2(CCCCCC2)C(=O)N1CN1CCC[C@H]2CCCC[C@@H]21. The predicted molar refractivity (Wildman–Crippen MR) is 92.4 cm³/mol. The van der Waals surface area contributed by atoms with E-state index in [-0.39, 0.29) is 11.9 Å². The molecular formula is C19H31N3O2. The molecule has 2 aliphatic carbocycles. The first-order valence-corrected chi connectivity index (χ1v) is 10.1. The number of urea groups is 1. The van der Waals surface area contributed by atoms with Crippen molar-refractivity contribution in [3.63, 3.8) is 0 Å². The number of carbonyl (C=O) groups is 2. The Hall–Kier alpha value is -1.10. The number of amides is 3. The second kappa shape index (κ2) is 6.66. The highest BCUT2D eigenvalue weighted by molar-refractivity contribution is 6.07. The molecule has 2 atom stereocenters. The van der Waals surface area contributed by atoms with Crippen LogP contribution in [0.4, 0.5) is 4.79 Å². The van der Waals surface area contributed by atoms with Crippen LogP contribution < -0.4 is 5.32 Å². The van der Waals surface area contributed by atoms with E-state index in [2.05, 4.69) is 10.2 Å². The van der Waals surface area contributed by atoms with Crippen molar-refractivity contribution in [2.75, 3.05) is 13.2 Å². The number of rotatable bonds is 2. The van der Waals surface area contributed by atoms with Crippen molar-refractivity contribution in [2.24, 2.45) is 5.92 Å². The Balaban J connectivity index is 1.47. The van der Waals surface area contributed by atoms with Gasteiger partial charge >= 0.3 is 6.03 Å². The zero-order chi connectivity index (χ0) is 16.6. The maximum absolute atomic E-state index is 13.1. The normalized spacial score (nSPS) is 34.1. The van der Waals surface area contributed by atoms with Gasteiger partial charge in [0.15, 0.2) is 0 Å². The topological polar surface area (TPSA) is 52.7 Å². The van der Waals surface area contributed by atoms with Crippen molar-refractivity contribution >= 4 is 11.9 Å². The minimum absolute atomic E-state index is 0.0485. The first-order valence-electron chi connectivity index (χ1n) is 10.1. The Labute approximate surface area is 145 Å². The van der Waals surface area contributed by atoms with Crippen molar-refractivity contribution in [3.05, 3.63) is 0 Å². The van der Waals surface area contributed by atoms with Crippen LogP contribution in [0, 0.1) is 5.92 Å². The molecule has 0 radical (unpaired) electrons. The molecule has 2 saturated carbocycles. The van der Waals surface area contributed by atoms with Gasteiger partial charge in [0.25, 0.3) is 5.91 Å². The molecule has 4 aliphatic rings. The van der Waals surface area contributed by atoms with Crippen molar-refractivity contribution in [1.82, 2.24) is 15.1 Å². The van der Waals surface area contributed by atoms with E-state index in [1.807, 2.05) is 0 Å². The van der Waals surface area contributed by atoms with Gasteiger partial charge in [-0.15, -0.1) is 0 Å². The Morgan fingerprint density at radius 1 is 0.917 bits per heavy atom. The molecule has 0 aromatic carbocycles. The second-order valence-electron chi connectivity index (χ2n) is 8.37. The summed E-state index contributed by atoms with van der Waals surface area (Å²) in [5.74, 6) is 0.826. The molecule has 0 aromatic rings. The van der Waals surface area contributed by atoms with Crippen LogP contribution in [0.15, 0.2) is 0 Å². The molecular weight excluding hydrogens is 302 g/mol. The molecule has 2 saturated heterocycles. The maximum Gasteiger partial charge on any atom is 0.326 e. The average molecular weight is 333 g/mol. The standard InChI is InChI=1S/C19H31N3O2/c23-17-19(11-5-1-2-6-12-19)20-18(24)22(17)14-21-13-7-9-15-8-3-4-10-16(15)21/h15-16H,1-14H2,(H,20,24)/t15-,16+/m1/s1. The van der Waals surface area contributed by atoms with Crippen LogP contribution in [0.25, 0.3) is 0 Å². The number of nitrogens with one attached hydrogen (secondary N) is 1. The summed E-state index contributed by atoms with van der Waals surface area (Å²) in [6.07, 6.45) is 13.8. The first kappa shape index (κ1) is 16.4. The monoisotopic (exact) mass is 333 g/mol. The second-order valence-corrected chi connectivity index (χ2v) is 8.37. The van der Waals surface area contributed by atoms with Crippen LogP contribution in [0.3, 0.4) is 0 Å². The molecule has 1 N–H and O–H groups in total. The summed E-state index contributed by atoms with van der Waals surface area (Å²) in [4.78, 5) is 29.6. The number of imide groups is 1. The minimum Gasteiger partial charge on any atom is -0.323 e. The van der Waals surface area contributed by atoms with Crippen LogP contribution in [-0.4, -0.2) is 46.5 Å². The summed E-state index contributed by atoms with van der Waals surface area (Å²) >= 11 is 0. The third-order valence-corrected chi connectivity index (χ3v) is 6.88. The van der Waals surface area contributed by atoms with Gasteiger partial charge in [-0.2, -0.15) is 0 Å². The summed E-state index contributed by atoms with van der Waals surface area (Å²) in [5, 5.41) is 3.08. The van der Waals surface area contributed by atoms with Gasteiger partial charge in [0.05, 0.1) is 6.67 Å². The van der Waals surface area contributed by atoms with Crippen LogP contribution in [0.1, 0.15) is 77.0 Å². The molecule has 0 unspecified atom stereocenters. The van der Waals surface area contributed by atoms with E-state index >= 15 is 0 Å². The van der Waals surface area contributed by atoms with Crippen molar-refractivity contribution < 1.29 is 9.59 Å². The van der Waals surface area contributed by atoms with Gasteiger partial charge in [-0.3, -0.25) is 9.69 Å². The molecule has 24 heavy (non-hydrogen) atoms. The summed E-state index contributed by atoms with van der Waals surface area (Å²) in [7, 11) is 0. The Morgan fingerprint density at radius 2 is 1.62 bits per heavy atom. The van der Waals surface area contributed by atoms with Gasteiger partial charge in [0, 0.05) is 12.6 Å². The molecule has 0 bridgehead atoms. The molecule has 3 amide bonds. The van der Waals surface area contributed by atoms with Crippen LogP contribution in [0.5, 0.6) is 0 Å². The number of carbonyl (C=O) groups excluding carboxylic acids is 2. The lowest BCUT2D eigenvalue weighted by Crippen LogP contribution is -2.53. The molecule has 2 heterocycles. The number of hydrogen-bond donors (Lipinski definition) is 1. The first-order chi connectivity index (χ1) is 11.7. The number of hydrogen-bond acceptors (Lipinski definition) is 3. The summed E-state index contributed by atoms with van der Waals surface area (Å²) in [6, 6.07) is 0.429. The molecule has 1 spiro atoms. The lowest BCUT2D eigenvalue weighted by molar-refractivity contribution is -0.134. The minimum atomic E-state index is -0.588. The highest BCUT2D eigenvalue weighted by Crippen LogP contribution is 2.37. The third-order valence-electron chi connectivity index (χ3n) is 6.88. The van der Waals surface area contributed by atoms with E-state index < -0.39 is 5.54 Å². The Bertz CT molecular complexity index is 497. The number of piperidine rings is 1. The van der Waals surface area contributed by atoms with E-state index in [0.717, 1.165) is 38.1 Å². The summed E-state index contributed by atoms with van der Waals surface area (Å²) < 4.78 is 0. The van der Waals surface area contributed by atoms with Gasteiger partial charge < -0.3 is 5.32 Å². The van der Waals surface area contributed by atoms with E-state index in [1.54, 1.807) is 0 Å². The van der Waals surface area contributed by atoms with Gasteiger partial charge in [0.2, 0.25) is 0 Å². The lowest BCUT2D eigenvalue weighted by atomic mass is 9.78. The fraction of sp³-hybridized carbons (Fsp3) is 0.895. The predicted octanol–water partition coefficient (Wildman–Crippen LogP) is 3.24. The summed E-state index contributed by atoms with van der Waals surface area (Å²) in [5.41, 5.74) is -0.588. The molecule has 2 aliphatic heterocycles. The zero-order valence-corrected chi connectivity index (χ0v) is 14.8. The maximum atomic E-state index is 13.1. The molecule has 5 heteroatoms. The average Bonchev–Trinajstić information content (AvgIpc) is 2.76. The number of fused-ring (bicyclic) bond motifs is 1. The molecule has 4 fully saturated rings. The smallest absolute Gasteiger partial charge is 0.323 e. The quantitative estimate of drug-likeness (QED) is 0.789. The van der Waals surface area contributed by atoms with E-state index in [0.29, 0.717) is 12.7 Å². The van der Waals surface area contributed by atoms with Gasteiger partial charge in [-0.25, -0.2) is 9.69 Å². The molecule has 134 valence electrons. The van der Waals surface area contributed by atoms with Gasteiger partial charge in [-0.1, -0.05) is 38.5 Å². The van der Waals surface area contributed by atoms with Gasteiger partial charge in [0.1, 0.15) is 5.54 Å². The Morgan fingerprint density at radius 3 is 2.42 bits per heavy atom.